The number of nitro benzene ring substituents is 1. The summed E-state index contributed by atoms with van der Waals surface area (Å²) in [5.74, 6) is -0.101. The smallest absolute Gasteiger partial charge is 0.270 e. The maximum atomic E-state index is 12.7. The van der Waals surface area contributed by atoms with E-state index in [1.807, 2.05) is 42.5 Å². The molecule has 1 heterocycles. The van der Waals surface area contributed by atoms with Gasteiger partial charge in [-0.25, -0.2) is 0 Å². The number of hydrogen-bond acceptors (Lipinski definition) is 4. The van der Waals surface area contributed by atoms with Crippen molar-refractivity contribution in [3.63, 3.8) is 0 Å². The fourth-order valence-electron chi connectivity index (χ4n) is 2.84. The predicted molar refractivity (Wildman–Crippen MR) is 98.2 cm³/mol. The molecule has 0 aliphatic carbocycles. The molecule has 0 unspecified atom stereocenters. The van der Waals surface area contributed by atoms with Gasteiger partial charge < -0.3 is 4.42 Å². The Bertz CT molecular complexity index is 1110. The minimum Gasteiger partial charge on any atom is -0.453 e. The molecule has 0 atom stereocenters. The topological polar surface area (TPSA) is 73.3 Å². The lowest BCUT2D eigenvalue weighted by atomic mass is 10.0. The fourth-order valence-corrected chi connectivity index (χ4v) is 2.84. The van der Waals surface area contributed by atoms with Gasteiger partial charge in [0.15, 0.2) is 5.76 Å². The van der Waals surface area contributed by atoms with Gasteiger partial charge in [0.05, 0.1) is 4.92 Å². The molecule has 0 saturated carbocycles. The predicted octanol–water partition coefficient (Wildman–Crippen LogP) is 5.24. The van der Waals surface area contributed by atoms with Crippen molar-refractivity contribution in [3.05, 3.63) is 100 Å². The molecule has 4 rings (SSSR count). The first kappa shape index (κ1) is 15.8. The van der Waals surface area contributed by atoms with Gasteiger partial charge in [-0.3, -0.25) is 14.9 Å². The Hall–Kier alpha value is -3.73. The van der Waals surface area contributed by atoms with Gasteiger partial charge in [0, 0.05) is 23.1 Å². The molecule has 0 radical (unpaired) electrons. The number of nitro groups is 1. The highest BCUT2D eigenvalue weighted by atomic mass is 16.6. The van der Waals surface area contributed by atoms with E-state index in [0.717, 1.165) is 11.1 Å². The lowest BCUT2D eigenvalue weighted by Crippen LogP contribution is -1.99. The highest BCUT2D eigenvalue weighted by Crippen LogP contribution is 2.26. The molecule has 126 valence electrons. The first-order valence-corrected chi connectivity index (χ1v) is 8.00. The van der Waals surface area contributed by atoms with E-state index in [9.17, 15) is 14.9 Å². The van der Waals surface area contributed by atoms with E-state index in [1.54, 1.807) is 12.1 Å². The highest BCUT2D eigenvalue weighted by molar-refractivity contribution is 6.09. The molecule has 0 saturated heterocycles. The first-order valence-electron chi connectivity index (χ1n) is 8.00. The molecule has 3 aromatic carbocycles. The average molecular weight is 343 g/mol. The third-order valence-corrected chi connectivity index (χ3v) is 4.19. The van der Waals surface area contributed by atoms with Crippen molar-refractivity contribution in [2.75, 3.05) is 0 Å². The molecule has 1 aromatic heterocycles. The maximum absolute atomic E-state index is 12.7. The molecule has 0 N–H and O–H groups in total. The van der Waals surface area contributed by atoms with Crippen molar-refractivity contribution < 1.29 is 14.1 Å². The fraction of sp³-hybridized carbons (Fsp3) is 0. The van der Waals surface area contributed by atoms with Crippen LogP contribution in [0.4, 0.5) is 5.69 Å². The molecule has 0 fully saturated rings. The second-order valence-electron chi connectivity index (χ2n) is 5.86. The van der Waals surface area contributed by atoms with E-state index < -0.39 is 4.92 Å². The van der Waals surface area contributed by atoms with Crippen molar-refractivity contribution in [2.45, 2.75) is 0 Å². The lowest BCUT2D eigenvalue weighted by Gasteiger charge is -2.03. The van der Waals surface area contributed by atoms with E-state index in [4.69, 9.17) is 4.42 Å². The van der Waals surface area contributed by atoms with Gasteiger partial charge in [0.25, 0.3) is 5.69 Å². The highest BCUT2D eigenvalue weighted by Gasteiger charge is 2.16. The Morgan fingerprint density at radius 2 is 1.54 bits per heavy atom. The number of non-ortho nitro benzene ring substituents is 1. The number of rotatable bonds is 4. The number of carbonyl (C=O) groups is 1. The molecule has 26 heavy (non-hydrogen) atoms. The third-order valence-electron chi connectivity index (χ3n) is 4.19. The molecular weight excluding hydrogens is 330 g/mol. The van der Waals surface area contributed by atoms with E-state index in [1.165, 1.54) is 24.3 Å². The summed E-state index contributed by atoms with van der Waals surface area (Å²) < 4.78 is 5.56. The van der Waals surface area contributed by atoms with Gasteiger partial charge in [-0.2, -0.15) is 0 Å². The van der Waals surface area contributed by atoms with E-state index >= 15 is 0 Å². The van der Waals surface area contributed by atoms with Gasteiger partial charge in [-0.1, -0.05) is 54.6 Å². The van der Waals surface area contributed by atoms with Crippen molar-refractivity contribution in [3.8, 4) is 11.1 Å². The number of carbonyl (C=O) groups excluding carboxylic acids is 1. The Morgan fingerprint density at radius 3 is 2.23 bits per heavy atom. The Labute approximate surface area is 148 Å². The van der Waals surface area contributed by atoms with Crippen LogP contribution in [0.5, 0.6) is 0 Å². The van der Waals surface area contributed by atoms with Crippen LogP contribution in [0.2, 0.25) is 0 Å². The van der Waals surface area contributed by atoms with Crippen LogP contribution in [0.15, 0.2) is 83.3 Å². The molecule has 5 heteroatoms. The second kappa shape index (κ2) is 6.29. The van der Waals surface area contributed by atoms with Crippen LogP contribution in [0, 0.1) is 10.1 Å². The standard InChI is InChI=1S/C21H13NO4/c23-21(16-8-6-15(7-9-16)14-4-2-1-3-5-14)20-13-17-12-18(22(24)25)10-11-19(17)26-20/h1-13H. The Kier molecular flexibility index (Phi) is 3.82. The average Bonchev–Trinajstić information content (AvgIpc) is 3.11. The maximum Gasteiger partial charge on any atom is 0.270 e. The minimum atomic E-state index is -0.476. The summed E-state index contributed by atoms with van der Waals surface area (Å²) >= 11 is 0. The van der Waals surface area contributed by atoms with Crippen molar-refractivity contribution in [2.24, 2.45) is 0 Å². The number of fused-ring (bicyclic) bond motifs is 1. The lowest BCUT2D eigenvalue weighted by molar-refractivity contribution is -0.384. The Balaban J connectivity index is 1.65. The van der Waals surface area contributed by atoms with Gasteiger partial charge in [0.2, 0.25) is 5.78 Å². The molecule has 5 nitrogen and oxygen atoms in total. The van der Waals surface area contributed by atoms with Gasteiger partial charge in [-0.05, 0) is 23.3 Å². The molecule has 0 aliphatic rings. The quantitative estimate of drug-likeness (QED) is 0.288. The summed E-state index contributed by atoms with van der Waals surface area (Å²) in [5, 5.41) is 11.4. The molecule has 0 spiro atoms. The number of nitrogens with zero attached hydrogens (tertiary/aromatic N) is 1. The van der Waals surface area contributed by atoms with Crippen molar-refractivity contribution in [1.29, 1.82) is 0 Å². The van der Waals surface area contributed by atoms with E-state index in [-0.39, 0.29) is 17.2 Å². The summed E-state index contributed by atoms with van der Waals surface area (Å²) in [4.78, 5) is 23.0. The number of furan rings is 1. The normalized spacial score (nSPS) is 10.8. The monoisotopic (exact) mass is 343 g/mol. The molecule has 0 aliphatic heterocycles. The van der Waals surface area contributed by atoms with E-state index in [0.29, 0.717) is 16.5 Å². The summed E-state index contributed by atoms with van der Waals surface area (Å²) in [6.07, 6.45) is 0. The van der Waals surface area contributed by atoms with Crippen molar-refractivity contribution in [1.82, 2.24) is 0 Å². The van der Waals surface area contributed by atoms with Crippen LogP contribution in [0.3, 0.4) is 0 Å². The van der Waals surface area contributed by atoms with Gasteiger partial charge >= 0.3 is 0 Å². The molecule has 4 aromatic rings. The third kappa shape index (κ3) is 2.86. The van der Waals surface area contributed by atoms with Crippen LogP contribution in [-0.4, -0.2) is 10.7 Å². The van der Waals surface area contributed by atoms with Gasteiger partial charge in [-0.15, -0.1) is 0 Å². The number of ketones is 1. The zero-order valence-electron chi connectivity index (χ0n) is 13.6. The summed E-state index contributed by atoms with van der Waals surface area (Å²) in [6, 6.07) is 22.9. The minimum absolute atomic E-state index is 0.0375. The summed E-state index contributed by atoms with van der Waals surface area (Å²) in [5.41, 5.74) is 2.99. The van der Waals surface area contributed by atoms with Crippen molar-refractivity contribution >= 4 is 22.4 Å². The first-order chi connectivity index (χ1) is 12.6. The molecule has 0 bridgehead atoms. The van der Waals surface area contributed by atoms with Crippen LogP contribution in [0.25, 0.3) is 22.1 Å². The SMILES string of the molecule is O=C(c1ccc(-c2ccccc2)cc1)c1cc2cc([N+](=O)[O-])ccc2o1. The second-order valence-corrected chi connectivity index (χ2v) is 5.86. The number of hydrogen-bond donors (Lipinski definition) is 0. The van der Waals surface area contributed by atoms with Gasteiger partial charge in [0.1, 0.15) is 5.58 Å². The molecule has 0 amide bonds. The van der Waals surface area contributed by atoms with Crippen LogP contribution in [0.1, 0.15) is 16.1 Å². The zero-order valence-corrected chi connectivity index (χ0v) is 13.6. The summed E-state index contributed by atoms with van der Waals surface area (Å²) in [6.45, 7) is 0. The van der Waals surface area contributed by atoms with E-state index in [2.05, 4.69) is 0 Å². The zero-order chi connectivity index (χ0) is 18.1. The van der Waals surface area contributed by atoms with Crippen LogP contribution < -0.4 is 0 Å². The van der Waals surface area contributed by atoms with Crippen LogP contribution in [-0.2, 0) is 0 Å². The number of benzene rings is 3. The molecular formula is C21H13NO4. The largest absolute Gasteiger partial charge is 0.453 e. The Morgan fingerprint density at radius 1 is 0.846 bits per heavy atom. The summed E-state index contributed by atoms with van der Waals surface area (Å²) in [7, 11) is 0. The van der Waals surface area contributed by atoms with Crippen LogP contribution >= 0.6 is 0 Å².